The highest BCUT2D eigenvalue weighted by Gasteiger charge is 2.45. The summed E-state index contributed by atoms with van der Waals surface area (Å²) in [6, 6.07) is -1.61. The first-order chi connectivity index (χ1) is 32.7. The van der Waals surface area contributed by atoms with Crippen LogP contribution in [0.4, 0.5) is 0 Å². The molecule has 0 spiro atoms. The average Bonchev–Trinajstić information content (AvgIpc) is 3.64. The molecule has 21 heteroatoms. The summed E-state index contributed by atoms with van der Waals surface area (Å²) in [7, 11) is 0. The zero-order valence-corrected chi connectivity index (χ0v) is 40.9. The van der Waals surface area contributed by atoms with E-state index in [9.17, 15) is 49.2 Å². The Labute approximate surface area is 401 Å². The van der Waals surface area contributed by atoms with E-state index in [0.717, 1.165) is 0 Å². The van der Waals surface area contributed by atoms with Crippen LogP contribution in [-0.2, 0) is 66.7 Å². The van der Waals surface area contributed by atoms with Crippen LogP contribution in [0.15, 0.2) is 0 Å². The van der Waals surface area contributed by atoms with Crippen molar-refractivity contribution in [2.75, 3.05) is 85.9 Å². The van der Waals surface area contributed by atoms with E-state index in [4.69, 9.17) is 37.9 Å². The van der Waals surface area contributed by atoms with Crippen molar-refractivity contribution in [3.8, 4) is 0 Å². The highest BCUT2D eigenvalue weighted by atomic mass is 16.7. The predicted octanol–water partition coefficient (Wildman–Crippen LogP) is 0.748. The first kappa shape index (κ1) is 61.1. The van der Waals surface area contributed by atoms with Crippen molar-refractivity contribution in [1.29, 1.82) is 0 Å². The number of ether oxygens (including phenoxy) is 8. The Morgan fingerprint density at radius 3 is 1.57 bits per heavy atom. The van der Waals surface area contributed by atoms with Crippen LogP contribution in [0.5, 0.6) is 0 Å². The molecule has 3 amide bonds. The zero-order valence-electron chi connectivity index (χ0n) is 40.9. The van der Waals surface area contributed by atoms with Crippen molar-refractivity contribution < 1.29 is 87.1 Å². The standard InChI is InChI=1S/C47H83N3O18/c1-5-61-20-8-11-34(53)14-17-47(18-15-35(54)12-9-21-62-6-2,50-42(58)31-41(57)49-38-29-37(66-7-3)30-39(38)56)19-16-36(55)13-10-22-63-23-24-64-25-26-65-27-28-67-46-43(48-33(4)52)45(60)44(59)40(32-51)68-46/h37-40,43-46,51,56,59-60H,5-32H2,1-4H3,(H,48,52)(H,49,57)(H,50,58)/t37?,38?,39?,40-,43-,44+,45-,46?/m1/s1. The van der Waals surface area contributed by atoms with E-state index < -0.39 is 79.1 Å². The number of nitrogens with one attached hydrogen (secondary N) is 3. The van der Waals surface area contributed by atoms with Gasteiger partial charge in [0.1, 0.15) is 48.1 Å². The van der Waals surface area contributed by atoms with Crippen molar-refractivity contribution in [2.45, 2.75) is 178 Å². The summed E-state index contributed by atoms with van der Waals surface area (Å²) in [5.41, 5.74) is -1.13. The number of Topliss-reactive ketones (excluding diaryl/α,β-unsaturated/α-hetero) is 3. The van der Waals surface area contributed by atoms with E-state index in [2.05, 4.69) is 16.0 Å². The molecule has 1 aliphatic heterocycles. The van der Waals surface area contributed by atoms with Crippen LogP contribution in [0.25, 0.3) is 0 Å². The number of carbonyl (C=O) groups is 6. The van der Waals surface area contributed by atoms with Crippen LogP contribution >= 0.6 is 0 Å². The van der Waals surface area contributed by atoms with Gasteiger partial charge in [0.05, 0.1) is 64.5 Å². The number of hydrogen-bond donors (Lipinski definition) is 7. The second-order valence-electron chi connectivity index (χ2n) is 17.3. The molecule has 2 rings (SSSR count). The molecular formula is C47H83N3O18. The fraction of sp³-hybridized carbons (Fsp3) is 0.872. The maximum Gasteiger partial charge on any atom is 0.229 e. The number of hydrogen-bond acceptors (Lipinski definition) is 18. The number of ketones is 3. The van der Waals surface area contributed by atoms with E-state index in [-0.39, 0.29) is 121 Å². The lowest BCUT2D eigenvalue weighted by atomic mass is 9.81. The Balaban J connectivity index is 1.88. The van der Waals surface area contributed by atoms with Gasteiger partial charge in [0.15, 0.2) is 6.29 Å². The van der Waals surface area contributed by atoms with Gasteiger partial charge in [-0.25, -0.2) is 0 Å². The van der Waals surface area contributed by atoms with Crippen molar-refractivity contribution >= 4 is 35.1 Å². The summed E-state index contributed by atoms with van der Waals surface area (Å²) < 4.78 is 44.2. The predicted molar refractivity (Wildman–Crippen MR) is 245 cm³/mol. The SMILES string of the molecule is CCOCCCC(=O)CCC(CCC(=O)CCCOCC)(CCC(=O)CCCOCCOCCOCCOC1O[C@H](CO)[C@H](O)[C@H](O)[C@H]1NC(C)=O)NC(=O)CC(=O)NC1CC(OCC)CC1O. The number of aliphatic hydroxyl groups excluding tert-OH is 4. The molecule has 1 saturated carbocycles. The Hall–Kier alpha value is -3.06. The van der Waals surface area contributed by atoms with Gasteiger partial charge in [-0.1, -0.05) is 0 Å². The molecule has 0 aromatic heterocycles. The fourth-order valence-corrected chi connectivity index (χ4v) is 8.10. The number of aliphatic hydroxyl groups is 4. The van der Waals surface area contributed by atoms with Gasteiger partial charge in [0, 0.05) is 97.0 Å². The van der Waals surface area contributed by atoms with Gasteiger partial charge in [-0.2, -0.15) is 0 Å². The largest absolute Gasteiger partial charge is 0.394 e. The third-order valence-corrected chi connectivity index (χ3v) is 11.8. The molecule has 1 saturated heterocycles. The first-order valence-electron chi connectivity index (χ1n) is 24.5. The van der Waals surface area contributed by atoms with Gasteiger partial charge in [-0.05, 0) is 65.7 Å². The van der Waals surface area contributed by atoms with E-state index in [1.807, 2.05) is 20.8 Å². The molecule has 0 aromatic carbocycles. The van der Waals surface area contributed by atoms with Crippen molar-refractivity contribution in [3.05, 3.63) is 0 Å². The monoisotopic (exact) mass is 978 g/mol. The van der Waals surface area contributed by atoms with Crippen molar-refractivity contribution in [1.82, 2.24) is 16.0 Å². The molecule has 4 unspecified atom stereocenters. The smallest absolute Gasteiger partial charge is 0.229 e. The molecular weight excluding hydrogens is 895 g/mol. The van der Waals surface area contributed by atoms with Gasteiger partial charge >= 0.3 is 0 Å². The zero-order chi connectivity index (χ0) is 50.2. The minimum Gasteiger partial charge on any atom is -0.394 e. The molecule has 2 fully saturated rings. The average molecular weight is 978 g/mol. The Morgan fingerprint density at radius 1 is 0.588 bits per heavy atom. The van der Waals surface area contributed by atoms with Crippen LogP contribution in [0.2, 0.25) is 0 Å². The number of amides is 3. The van der Waals surface area contributed by atoms with Crippen LogP contribution in [0.1, 0.15) is 124 Å². The third-order valence-electron chi connectivity index (χ3n) is 11.8. The number of carbonyl (C=O) groups excluding carboxylic acids is 6. The molecule has 2 aliphatic rings. The molecule has 21 nitrogen and oxygen atoms in total. The maximum absolute atomic E-state index is 13.6. The summed E-state index contributed by atoms with van der Waals surface area (Å²) in [6.45, 7) is 10.2. The molecule has 7 N–H and O–H groups in total. The van der Waals surface area contributed by atoms with Gasteiger partial charge in [-0.3, -0.25) is 28.8 Å². The molecule has 394 valence electrons. The first-order valence-corrected chi connectivity index (χ1v) is 24.5. The second-order valence-corrected chi connectivity index (χ2v) is 17.3. The normalized spacial score (nSPS) is 22.8. The van der Waals surface area contributed by atoms with Crippen LogP contribution < -0.4 is 16.0 Å². The quantitative estimate of drug-likeness (QED) is 0.0329. The van der Waals surface area contributed by atoms with E-state index in [0.29, 0.717) is 71.7 Å². The minimum absolute atomic E-state index is 0.0329. The van der Waals surface area contributed by atoms with E-state index >= 15 is 0 Å². The van der Waals surface area contributed by atoms with Crippen LogP contribution in [0, 0.1) is 0 Å². The van der Waals surface area contributed by atoms with E-state index in [1.54, 1.807) is 0 Å². The topological polar surface area (TPSA) is 293 Å². The third kappa shape index (κ3) is 25.7. The van der Waals surface area contributed by atoms with Crippen molar-refractivity contribution in [2.24, 2.45) is 0 Å². The highest BCUT2D eigenvalue weighted by Crippen LogP contribution is 2.29. The van der Waals surface area contributed by atoms with Gasteiger partial charge < -0.3 is 74.3 Å². The second kappa shape index (κ2) is 35.9. The lowest BCUT2D eigenvalue weighted by Crippen LogP contribution is -2.64. The summed E-state index contributed by atoms with van der Waals surface area (Å²) in [5.74, 6) is -1.82. The lowest BCUT2D eigenvalue weighted by molar-refractivity contribution is -0.272. The number of rotatable bonds is 41. The summed E-state index contributed by atoms with van der Waals surface area (Å²) in [4.78, 5) is 77.7. The van der Waals surface area contributed by atoms with Crippen LogP contribution in [0.3, 0.4) is 0 Å². The molecule has 0 aromatic rings. The fourth-order valence-electron chi connectivity index (χ4n) is 8.10. The molecule has 0 radical (unpaired) electrons. The lowest BCUT2D eigenvalue weighted by Gasteiger charge is -2.42. The van der Waals surface area contributed by atoms with Gasteiger partial charge in [0.25, 0.3) is 0 Å². The molecule has 68 heavy (non-hydrogen) atoms. The minimum atomic E-state index is -1.41. The Bertz CT molecular complexity index is 1430. The molecule has 0 bridgehead atoms. The van der Waals surface area contributed by atoms with Gasteiger partial charge in [0.2, 0.25) is 17.7 Å². The van der Waals surface area contributed by atoms with Crippen LogP contribution in [-0.4, -0.2) is 196 Å². The molecule has 8 atom stereocenters. The Morgan fingerprint density at radius 2 is 1.09 bits per heavy atom. The molecule has 1 aliphatic carbocycles. The van der Waals surface area contributed by atoms with E-state index in [1.165, 1.54) is 6.92 Å². The maximum atomic E-state index is 13.6. The Kier molecular flexibility index (Phi) is 32.3. The summed E-state index contributed by atoms with van der Waals surface area (Å²) in [6.07, 6.45) is -2.81. The van der Waals surface area contributed by atoms with Crippen molar-refractivity contribution in [3.63, 3.8) is 0 Å². The van der Waals surface area contributed by atoms with Gasteiger partial charge in [-0.15, -0.1) is 0 Å². The summed E-state index contributed by atoms with van der Waals surface area (Å²) in [5, 5.41) is 48.7. The molecule has 1 heterocycles. The summed E-state index contributed by atoms with van der Waals surface area (Å²) >= 11 is 0. The highest BCUT2D eigenvalue weighted by molar-refractivity contribution is 5.97.